The molecule has 3 fully saturated rings. The predicted octanol–water partition coefficient (Wildman–Crippen LogP) is 5.54. The summed E-state index contributed by atoms with van der Waals surface area (Å²) in [4.78, 5) is 0. The van der Waals surface area contributed by atoms with E-state index < -0.39 is 0 Å². The lowest BCUT2D eigenvalue weighted by Crippen LogP contribution is -2.61. The van der Waals surface area contributed by atoms with Crippen LogP contribution in [0.4, 0.5) is 0 Å². The van der Waals surface area contributed by atoms with Crippen LogP contribution >= 0.6 is 0 Å². The molecule has 0 aromatic heterocycles. The van der Waals surface area contributed by atoms with Gasteiger partial charge in [0.1, 0.15) is 0 Å². The van der Waals surface area contributed by atoms with E-state index in [9.17, 15) is 0 Å². The Labute approximate surface area is 132 Å². The largest absolute Gasteiger partial charge is 0.311 e. The second-order valence-electron chi connectivity index (χ2n) is 9.42. The molecule has 1 nitrogen and oxygen atoms in total. The molecule has 0 aromatic carbocycles. The second-order valence-corrected chi connectivity index (χ2v) is 9.42. The van der Waals surface area contributed by atoms with Gasteiger partial charge < -0.3 is 5.32 Å². The Morgan fingerprint density at radius 3 is 2.24 bits per heavy atom. The summed E-state index contributed by atoms with van der Waals surface area (Å²) in [7, 11) is 0. The average molecular weight is 292 g/mol. The van der Waals surface area contributed by atoms with Crippen molar-refractivity contribution in [2.75, 3.05) is 6.54 Å². The maximum Gasteiger partial charge on any atom is 0.0238 e. The summed E-state index contributed by atoms with van der Waals surface area (Å²) in [5, 5.41) is 3.90. The van der Waals surface area contributed by atoms with Gasteiger partial charge >= 0.3 is 0 Å². The molecule has 3 rings (SSSR count). The topological polar surface area (TPSA) is 12.0 Å². The molecule has 1 spiro atoms. The van der Waals surface area contributed by atoms with Crippen molar-refractivity contribution in [2.24, 2.45) is 22.7 Å². The molecule has 2 aliphatic carbocycles. The molecule has 1 unspecified atom stereocenters. The molecular formula is C20H37N. The minimum atomic E-state index is 0.497. The van der Waals surface area contributed by atoms with Crippen molar-refractivity contribution >= 4 is 0 Å². The Balaban J connectivity index is 1.68. The zero-order valence-electron chi connectivity index (χ0n) is 14.9. The molecule has 0 bridgehead atoms. The van der Waals surface area contributed by atoms with Crippen molar-refractivity contribution in [3.63, 3.8) is 0 Å². The molecule has 1 saturated heterocycles. The van der Waals surface area contributed by atoms with Crippen molar-refractivity contribution in [3.8, 4) is 0 Å². The van der Waals surface area contributed by atoms with Gasteiger partial charge in [0.2, 0.25) is 0 Å². The van der Waals surface area contributed by atoms with E-state index in [1.807, 2.05) is 0 Å². The fourth-order valence-electron chi connectivity index (χ4n) is 6.04. The SMILES string of the molecule is CCCCC(C1CC2(C1)NCCC2(C)C)C1(C)CCCC1. The molecule has 0 amide bonds. The summed E-state index contributed by atoms with van der Waals surface area (Å²) in [6.07, 6.45) is 14.6. The van der Waals surface area contributed by atoms with Crippen LogP contribution in [0.15, 0.2) is 0 Å². The van der Waals surface area contributed by atoms with Crippen LogP contribution < -0.4 is 5.32 Å². The van der Waals surface area contributed by atoms with Gasteiger partial charge in [-0.15, -0.1) is 0 Å². The first-order valence-electron chi connectivity index (χ1n) is 9.68. The minimum absolute atomic E-state index is 0.497. The Morgan fingerprint density at radius 1 is 1.05 bits per heavy atom. The monoisotopic (exact) mass is 291 g/mol. The predicted molar refractivity (Wildman–Crippen MR) is 91.4 cm³/mol. The maximum atomic E-state index is 3.90. The zero-order chi connectivity index (χ0) is 15.1. The standard InChI is InChI=1S/C20H37N/c1-5-6-9-17(19(4)10-7-8-11-19)16-14-20(15-16)18(2,3)12-13-21-20/h16-17,21H,5-15H2,1-4H3. The smallest absolute Gasteiger partial charge is 0.0238 e. The maximum absolute atomic E-state index is 3.90. The van der Waals surface area contributed by atoms with E-state index in [2.05, 4.69) is 33.0 Å². The van der Waals surface area contributed by atoms with Gasteiger partial charge in [0, 0.05) is 5.54 Å². The van der Waals surface area contributed by atoms with Crippen molar-refractivity contribution in [3.05, 3.63) is 0 Å². The molecule has 1 heteroatoms. The van der Waals surface area contributed by atoms with E-state index in [1.165, 1.54) is 70.8 Å². The van der Waals surface area contributed by atoms with E-state index in [0.717, 1.165) is 11.8 Å². The third-order valence-electron chi connectivity index (χ3n) is 7.81. The van der Waals surface area contributed by atoms with Crippen LogP contribution in [0.1, 0.15) is 91.9 Å². The van der Waals surface area contributed by atoms with E-state index in [1.54, 1.807) is 0 Å². The van der Waals surface area contributed by atoms with Crippen LogP contribution in [-0.2, 0) is 0 Å². The number of rotatable bonds is 5. The lowest BCUT2D eigenvalue weighted by molar-refractivity contribution is -0.0399. The Morgan fingerprint density at radius 2 is 1.71 bits per heavy atom. The summed E-state index contributed by atoms with van der Waals surface area (Å²) >= 11 is 0. The van der Waals surface area contributed by atoms with Gasteiger partial charge in [-0.05, 0) is 67.7 Å². The lowest BCUT2D eigenvalue weighted by Gasteiger charge is -2.58. The molecule has 1 heterocycles. The van der Waals surface area contributed by atoms with Gasteiger partial charge in [-0.2, -0.15) is 0 Å². The molecule has 1 atom stereocenters. The minimum Gasteiger partial charge on any atom is -0.311 e. The molecule has 21 heavy (non-hydrogen) atoms. The number of unbranched alkanes of at least 4 members (excludes halogenated alkanes) is 1. The molecule has 0 radical (unpaired) electrons. The summed E-state index contributed by atoms with van der Waals surface area (Å²) in [6.45, 7) is 11.2. The molecule has 2 saturated carbocycles. The van der Waals surface area contributed by atoms with Gasteiger partial charge in [-0.1, -0.05) is 53.4 Å². The first-order valence-corrected chi connectivity index (χ1v) is 9.68. The van der Waals surface area contributed by atoms with Crippen LogP contribution in [0.2, 0.25) is 0 Å². The number of hydrogen-bond acceptors (Lipinski definition) is 1. The normalized spacial score (nSPS) is 38.6. The van der Waals surface area contributed by atoms with Crippen molar-refractivity contribution in [1.29, 1.82) is 0 Å². The van der Waals surface area contributed by atoms with Crippen molar-refractivity contribution in [2.45, 2.75) is 97.4 Å². The van der Waals surface area contributed by atoms with E-state index in [-0.39, 0.29) is 0 Å². The summed E-state index contributed by atoms with van der Waals surface area (Å²) in [6, 6.07) is 0. The van der Waals surface area contributed by atoms with Crippen LogP contribution in [0.5, 0.6) is 0 Å². The van der Waals surface area contributed by atoms with Gasteiger partial charge in [-0.3, -0.25) is 0 Å². The third kappa shape index (κ3) is 2.58. The molecule has 3 aliphatic rings. The van der Waals surface area contributed by atoms with E-state index >= 15 is 0 Å². The fourth-order valence-corrected chi connectivity index (χ4v) is 6.04. The highest BCUT2D eigenvalue weighted by Gasteiger charge is 2.59. The first kappa shape index (κ1) is 15.8. The van der Waals surface area contributed by atoms with Gasteiger partial charge in [0.25, 0.3) is 0 Å². The van der Waals surface area contributed by atoms with Gasteiger partial charge in [0.05, 0.1) is 0 Å². The molecule has 1 N–H and O–H groups in total. The Hall–Kier alpha value is -0.0400. The molecule has 122 valence electrons. The van der Waals surface area contributed by atoms with Crippen LogP contribution in [0.25, 0.3) is 0 Å². The van der Waals surface area contributed by atoms with E-state index in [0.29, 0.717) is 16.4 Å². The van der Waals surface area contributed by atoms with Crippen molar-refractivity contribution < 1.29 is 0 Å². The molecular weight excluding hydrogens is 254 g/mol. The Bertz CT molecular complexity index is 358. The quantitative estimate of drug-likeness (QED) is 0.701. The van der Waals surface area contributed by atoms with Crippen molar-refractivity contribution in [1.82, 2.24) is 5.32 Å². The Kier molecular flexibility index (Phi) is 4.19. The highest BCUT2D eigenvalue weighted by atomic mass is 15.1. The summed E-state index contributed by atoms with van der Waals surface area (Å²) in [5.74, 6) is 2.01. The third-order valence-corrected chi connectivity index (χ3v) is 7.81. The number of nitrogens with one attached hydrogen (secondary N) is 1. The van der Waals surface area contributed by atoms with Gasteiger partial charge in [-0.25, -0.2) is 0 Å². The number of hydrogen-bond donors (Lipinski definition) is 1. The zero-order valence-corrected chi connectivity index (χ0v) is 14.9. The highest BCUT2D eigenvalue weighted by Crippen LogP contribution is 2.60. The van der Waals surface area contributed by atoms with Crippen LogP contribution in [0.3, 0.4) is 0 Å². The molecule has 1 aliphatic heterocycles. The van der Waals surface area contributed by atoms with Crippen LogP contribution in [0, 0.1) is 22.7 Å². The summed E-state index contributed by atoms with van der Waals surface area (Å²) in [5.41, 5.74) is 1.69. The molecule has 0 aromatic rings. The van der Waals surface area contributed by atoms with Crippen LogP contribution in [-0.4, -0.2) is 12.1 Å². The lowest BCUT2D eigenvalue weighted by atomic mass is 9.50. The van der Waals surface area contributed by atoms with Gasteiger partial charge in [0.15, 0.2) is 0 Å². The van der Waals surface area contributed by atoms with E-state index in [4.69, 9.17) is 0 Å². The average Bonchev–Trinajstić information content (AvgIpc) is 2.93. The second kappa shape index (κ2) is 5.55. The first-order chi connectivity index (χ1) is 9.93. The summed E-state index contributed by atoms with van der Waals surface area (Å²) < 4.78 is 0. The highest BCUT2D eigenvalue weighted by molar-refractivity contribution is 5.15. The fraction of sp³-hybridized carbons (Fsp3) is 1.00.